The van der Waals surface area contributed by atoms with Gasteiger partial charge in [-0.2, -0.15) is 5.26 Å². The maximum atomic E-state index is 12.9. The van der Waals surface area contributed by atoms with Gasteiger partial charge in [-0.05, 0) is 74.3 Å². The molecule has 6 rings (SSSR count). The number of anilines is 1. The maximum Gasteiger partial charge on any atom is 0.410 e. The summed E-state index contributed by atoms with van der Waals surface area (Å²) in [7, 11) is 0. The molecule has 3 aliphatic rings. The first kappa shape index (κ1) is 21.9. The number of ether oxygens (including phenoxy) is 1. The summed E-state index contributed by atoms with van der Waals surface area (Å²) in [5, 5.41) is 9.27. The van der Waals surface area contributed by atoms with Gasteiger partial charge < -0.3 is 19.1 Å². The van der Waals surface area contributed by atoms with Crippen molar-refractivity contribution in [2.24, 2.45) is 11.8 Å². The van der Waals surface area contributed by atoms with Gasteiger partial charge in [-0.3, -0.25) is 0 Å². The summed E-state index contributed by atoms with van der Waals surface area (Å²) in [5.74, 6) is 1.86. The number of imidazole rings is 1. The van der Waals surface area contributed by atoms with Crippen LogP contribution >= 0.6 is 0 Å². The highest BCUT2D eigenvalue weighted by molar-refractivity contribution is 5.77. The molecule has 180 valence electrons. The molecule has 1 unspecified atom stereocenters. The molecule has 3 atom stereocenters. The number of nitriles is 1. The van der Waals surface area contributed by atoms with Crippen molar-refractivity contribution in [1.29, 1.82) is 5.26 Å². The zero-order valence-corrected chi connectivity index (χ0v) is 19.8. The third kappa shape index (κ3) is 4.31. The van der Waals surface area contributed by atoms with Crippen LogP contribution in [0.5, 0.6) is 0 Å². The van der Waals surface area contributed by atoms with Gasteiger partial charge in [-0.1, -0.05) is 6.07 Å². The second-order valence-corrected chi connectivity index (χ2v) is 10.4. The number of aromatic nitrogens is 3. The fourth-order valence-corrected chi connectivity index (χ4v) is 6.26. The van der Waals surface area contributed by atoms with Gasteiger partial charge in [0.05, 0.1) is 35.5 Å². The van der Waals surface area contributed by atoms with Gasteiger partial charge in [0.1, 0.15) is 11.4 Å². The van der Waals surface area contributed by atoms with E-state index < -0.39 is 0 Å². The number of hydrogen-bond donors (Lipinski definition) is 0. The minimum Gasteiger partial charge on any atom is -0.441 e. The van der Waals surface area contributed by atoms with Crippen LogP contribution in [0.4, 0.5) is 10.6 Å². The Balaban J connectivity index is 1.10. The predicted molar refractivity (Wildman–Crippen MR) is 132 cm³/mol. The molecule has 3 fully saturated rings. The highest BCUT2D eigenvalue weighted by Crippen LogP contribution is 2.41. The molecule has 0 radical (unpaired) electrons. The normalized spacial score (nSPS) is 26.4. The first-order chi connectivity index (χ1) is 17.1. The van der Waals surface area contributed by atoms with E-state index in [0.717, 1.165) is 75.1 Å². The van der Waals surface area contributed by atoms with Crippen LogP contribution in [0.3, 0.4) is 0 Å². The van der Waals surface area contributed by atoms with Crippen molar-refractivity contribution in [3.8, 4) is 6.07 Å². The largest absolute Gasteiger partial charge is 0.441 e. The second-order valence-electron chi connectivity index (χ2n) is 10.4. The van der Waals surface area contributed by atoms with Crippen LogP contribution in [0.25, 0.3) is 11.0 Å². The Kier molecular flexibility index (Phi) is 5.56. The lowest BCUT2D eigenvalue weighted by molar-refractivity contribution is 0.00414. The molecule has 8 nitrogen and oxygen atoms in total. The van der Waals surface area contributed by atoms with E-state index in [9.17, 15) is 10.1 Å². The zero-order chi connectivity index (χ0) is 23.8. The van der Waals surface area contributed by atoms with Gasteiger partial charge in [0.15, 0.2) is 0 Å². The predicted octanol–water partition coefficient (Wildman–Crippen LogP) is 4.21. The van der Waals surface area contributed by atoms with E-state index in [1.807, 2.05) is 53.8 Å². The van der Waals surface area contributed by atoms with E-state index in [1.54, 1.807) is 0 Å². The summed E-state index contributed by atoms with van der Waals surface area (Å²) in [5.41, 5.74) is 2.16. The van der Waals surface area contributed by atoms with E-state index in [4.69, 9.17) is 4.74 Å². The number of fused-ring (bicyclic) bond motifs is 1. The molecule has 1 aromatic carbocycles. The fraction of sp³-hybridized carbons (Fsp3) is 0.481. The number of benzene rings is 1. The minimum absolute atomic E-state index is 0.159. The average molecular weight is 471 g/mol. The molecular formula is C27H30N6O2. The topological polar surface area (TPSA) is 87.3 Å². The third-order valence-corrected chi connectivity index (χ3v) is 7.89. The lowest BCUT2D eigenvalue weighted by Crippen LogP contribution is -2.41. The molecule has 4 heterocycles. The smallest absolute Gasteiger partial charge is 0.410 e. The van der Waals surface area contributed by atoms with Crippen LogP contribution in [-0.2, 0) is 11.3 Å². The summed E-state index contributed by atoms with van der Waals surface area (Å²) >= 11 is 0. The quantitative estimate of drug-likeness (QED) is 0.555. The molecule has 2 aliphatic heterocycles. The van der Waals surface area contributed by atoms with Gasteiger partial charge in [0, 0.05) is 32.4 Å². The number of carbonyl (C=O) groups excluding carboxylic acids is 1. The van der Waals surface area contributed by atoms with Crippen molar-refractivity contribution in [2.45, 2.75) is 44.2 Å². The summed E-state index contributed by atoms with van der Waals surface area (Å²) < 4.78 is 8.24. The lowest BCUT2D eigenvalue weighted by atomic mass is 9.78. The molecule has 35 heavy (non-hydrogen) atoms. The van der Waals surface area contributed by atoms with Crippen molar-refractivity contribution in [3.05, 3.63) is 54.5 Å². The van der Waals surface area contributed by atoms with Crippen molar-refractivity contribution in [2.75, 3.05) is 31.1 Å². The molecule has 2 saturated heterocycles. The zero-order valence-electron chi connectivity index (χ0n) is 19.8. The Bertz CT molecular complexity index is 1270. The fourth-order valence-electron chi connectivity index (χ4n) is 6.26. The number of carbonyl (C=O) groups is 1. The number of amides is 1. The van der Waals surface area contributed by atoms with Gasteiger partial charge in [-0.25, -0.2) is 14.8 Å². The molecule has 8 heteroatoms. The standard InChI is InChI=1S/C27H30N6O2/c28-14-20-6-7-23-24(12-20)33(19-30-23)15-21-4-3-9-27(13-21)18-32(26(34)35-27)17-22-8-11-31(16-22)25-5-1-2-10-29-25/h1-2,5-7,10,12,19,21-22H,3-4,8-9,11,13,15-18H2/t21-,22?,27-/m0/s1. The summed E-state index contributed by atoms with van der Waals surface area (Å²) in [4.78, 5) is 26.1. The molecule has 0 bridgehead atoms. The molecule has 1 spiro atoms. The molecule has 0 N–H and O–H groups in total. The average Bonchev–Trinajstić information content (AvgIpc) is 3.58. The van der Waals surface area contributed by atoms with Crippen LogP contribution in [0.2, 0.25) is 0 Å². The minimum atomic E-state index is -0.381. The number of rotatable bonds is 5. The maximum absolute atomic E-state index is 12.9. The monoisotopic (exact) mass is 470 g/mol. The summed E-state index contributed by atoms with van der Waals surface area (Å²) in [6, 6.07) is 13.8. The first-order valence-electron chi connectivity index (χ1n) is 12.6. The van der Waals surface area contributed by atoms with E-state index in [0.29, 0.717) is 23.9 Å². The van der Waals surface area contributed by atoms with E-state index in [-0.39, 0.29) is 11.7 Å². The molecular weight excluding hydrogens is 440 g/mol. The van der Waals surface area contributed by atoms with Crippen LogP contribution in [0.15, 0.2) is 48.9 Å². The van der Waals surface area contributed by atoms with Crippen LogP contribution in [0.1, 0.15) is 37.7 Å². The van der Waals surface area contributed by atoms with Crippen LogP contribution in [0, 0.1) is 23.2 Å². The van der Waals surface area contributed by atoms with Gasteiger partial charge >= 0.3 is 6.09 Å². The first-order valence-corrected chi connectivity index (χ1v) is 12.6. The molecule has 1 aliphatic carbocycles. The lowest BCUT2D eigenvalue weighted by Gasteiger charge is -2.36. The van der Waals surface area contributed by atoms with E-state index in [2.05, 4.69) is 25.5 Å². The van der Waals surface area contributed by atoms with Crippen LogP contribution < -0.4 is 4.90 Å². The molecule has 1 amide bonds. The van der Waals surface area contributed by atoms with Crippen molar-refractivity contribution < 1.29 is 9.53 Å². The highest BCUT2D eigenvalue weighted by atomic mass is 16.6. The number of pyridine rings is 1. The van der Waals surface area contributed by atoms with Crippen molar-refractivity contribution in [3.63, 3.8) is 0 Å². The highest BCUT2D eigenvalue weighted by Gasteiger charge is 2.48. The molecule has 1 saturated carbocycles. The third-order valence-electron chi connectivity index (χ3n) is 7.89. The Morgan fingerprint density at radius 1 is 1.14 bits per heavy atom. The second kappa shape index (κ2) is 8.88. The van der Waals surface area contributed by atoms with Crippen molar-refractivity contribution in [1.82, 2.24) is 19.4 Å². The SMILES string of the molecule is N#Cc1ccc2ncn(C[C@H]3CCC[C@]4(C3)CN(CC3CCN(c5ccccn5)C3)C(=O)O4)c2c1. The van der Waals surface area contributed by atoms with E-state index in [1.165, 1.54) is 0 Å². The van der Waals surface area contributed by atoms with Gasteiger partial charge in [0.25, 0.3) is 0 Å². The number of hydrogen-bond acceptors (Lipinski definition) is 6. The molecule has 2 aromatic heterocycles. The van der Waals surface area contributed by atoms with E-state index >= 15 is 0 Å². The van der Waals surface area contributed by atoms with Crippen molar-refractivity contribution >= 4 is 22.9 Å². The summed E-state index contributed by atoms with van der Waals surface area (Å²) in [6.45, 7) is 4.16. The Morgan fingerprint density at radius 2 is 2.09 bits per heavy atom. The number of nitrogens with zero attached hydrogens (tertiary/aromatic N) is 6. The van der Waals surface area contributed by atoms with Gasteiger partial charge in [-0.15, -0.1) is 0 Å². The Labute approximate surface area is 205 Å². The van der Waals surface area contributed by atoms with Crippen LogP contribution in [-0.4, -0.2) is 57.3 Å². The molecule has 3 aromatic rings. The van der Waals surface area contributed by atoms with Gasteiger partial charge in [0.2, 0.25) is 0 Å². The Morgan fingerprint density at radius 3 is 2.94 bits per heavy atom. The summed E-state index contributed by atoms with van der Waals surface area (Å²) in [6.07, 6.45) is 8.57. The Hall–Kier alpha value is -3.60.